The molecule has 0 bridgehead atoms. The smallest absolute Gasteiger partial charge is 0.0314 e. The van der Waals surface area contributed by atoms with Gasteiger partial charge in [0.1, 0.15) is 0 Å². The molecule has 0 atom stereocenters. The summed E-state index contributed by atoms with van der Waals surface area (Å²) in [5.41, 5.74) is 24.2. The monoisotopic (exact) mass is 604 g/mol. The number of anilines is 2. The van der Waals surface area contributed by atoms with Crippen LogP contribution in [0.25, 0.3) is 54.9 Å². The Morgan fingerprint density at radius 2 is 0.783 bits per heavy atom. The van der Waals surface area contributed by atoms with Crippen LogP contribution >= 0.6 is 0 Å². The number of fused-ring (bicyclic) bond motifs is 2. The largest absolute Gasteiger partial charge is 0.399 e. The Morgan fingerprint density at radius 3 is 1.11 bits per heavy atom. The first-order valence-electron chi connectivity index (χ1n) is 16.9. The summed E-state index contributed by atoms with van der Waals surface area (Å²) in [6.45, 7) is 14.3. The molecule has 0 saturated heterocycles. The lowest BCUT2D eigenvalue weighted by molar-refractivity contribution is 0.470. The van der Waals surface area contributed by atoms with Crippen LogP contribution < -0.4 is 11.5 Å². The van der Waals surface area contributed by atoms with E-state index in [1.807, 2.05) is 24.3 Å². The van der Waals surface area contributed by atoms with Crippen molar-refractivity contribution in [2.75, 3.05) is 11.5 Å². The molecule has 6 aromatic rings. The van der Waals surface area contributed by atoms with E-state index in [9.17, 15) is 0 Å². The molecule has 0 aliphatic heterocycles. The van der Waals surface area contributed by atoms with E-state index >= 15 is 0 Å². The summed E-state index contributed by atoms with van der Waals surface area (Å²) in [5.74, 6) is 0. The molecule has 0 aromatic heterocycles. The highest BCUT2D eigenvalue weighted by molar-refractivity contribution is 6.14. The highest BCUT2D eigenvalue weighted by atomic mass is 14.5. The molecule has 0 amide bonds. The minimum Gasteiger partial charge on any atom is -0.399 e. The summed E-state index contributed by atoms with van der Waals surface area (Å²) in [6, 6.07) is 39.8. The molecule has 0 unspecified atom stereocenters. The lowest BCUT2D eigenvalue weighted by Gasteiger charge is -2.34. The highest BCUT2D eigenvalue weighted by Gasteiger charge is 2.32. The van der Waals surface area contributed by atoms with Crippen LogP contribution in [0.4, 0.5) is 11.4 Å². The summed E-state index contributed by atoms with van der Waals surface area (Å²) in [4.78, 5) is 0. The molecule has 4 N–H and O–H groups in total. The lowest BCUT2D eigenvalue weighted by Crippen LogP contribution is -2.21. The SMILES string of the molecule is CCCC(C)(C)c1cc(-c2ccc(N)cc2)c2ccccc2c1-c1c(C(C)(C)CCC)cc(-c2ccc(N)cc2)c2ccccc12. The minimum absolute atomic E-state index is 0.0560. The molecule has 0 radical (unpaired) electrons. The molecule has 2 heteroatoms. The predicted molar refractivity (Wildman–Crippen MR) is 202 cm³/mol. The van der Waals surface area contributed by atoms with E-state index < -0.39 is 0 Å². The quantitative estimate of drug-likeness (QED) is 0.161. The third-order valence-electron chi connectivity index (χ3n) is 9.99. The summed E-state index contributed by atoms with van der Waals surface area (Å²) < 4.78 is 0. The topological polar surface area (TPSA) is 52.0 Å². The molecule has 46 heavy (non-hydrogen) atoms. The van der Waals surface area contributed by atoms with Gasteiger partial charge < -0.3 is 11.5 Å². The normalized spacial score (nSPS) is 12.2. The first kappa shape index (κ1) is 31.4. The molecule has 6 rings (SSSR count). The first-order chi connectivity index (χ1) is 22.1. The molecule has 0 aliphatic rings. The van der Waals surface area contributed by atoms with E-state index in [1.54, 1.807) is 0 Å². The van der Waals surface area contributed by atoms with Crippen LogP contribution in [0.15, 0.2) is 109 Å². The van der Waals surface area contributed by atoms with Gasteiger partial charge in [0.2, 0.25) is 0 Å². The molecular weight excluding hydrogens is 556 g/mol. The Kier molecular flexibility index (Phi) is 8.42. The average molecular weight is 605 g/mol. The third kappa shape index (κ3) is 5.66. The molecule has 0 fully saturated rings. The number of nitrogens with two attached hydrogens (primary N) is 2. The maximum Gasteiger partial charge on any atom is 0.0314 e. The number of hydrogen-bond acceptors (Lipinski definition) is 2. The zero-order valence-electron chi connectivity index (χ0n) is 28.4. The van der Waals surface area contributed by atoms with Gasteiger partial charge in [-0.05, 0) is 126 Å². The van der Waals surface area contributed by atoms with Gasteiger partial charge >= 0.3 is 0 Å². The van der Waals surface area contributed by atoms with E-state index in [2.05, 4.69) is 126 Å². The van der Waals surface area contributed by atoms with Crippen LogP contribution in [-0.4, -0.2) is 0 Å². The number of benzene rings is 6. The maximum absolute atomic E-state index is 6.15. The second-order valence-electron chi connectivity index (χ2n) is 14.3. The van der Waals surface area contributed by atoms with Crippen LogP contribution in [-0.2, 0) is 10.8 Å². The Hall–Kier alpha value is -4.56. The van der Waals surface area contributed by atoms with Crippen molar-refractivity contribution >= 4 is 32.9 Å². The number of hydrogen-bond donors (Lipinski definition) is 2. The lowest BCUT2D eigenvalue weighted by atomic mass is 9.69. The van der Waals surface area contributed by atoms with Crippen molar-refractivity contribution in [1.82, 2.24) is 0 Å². The minimum atomic E-state index is -0.0560. The molecule has 0 aliphatic carbocycles. The summed E-state index contributed by atoms with van der Waals surface area (Å²) in [6.07, 6.45) is 4.41. The van der Waals surface area contributed by atoms with Crippen molar-refractivity contribution in [1.29, 1.82) is 0 Å². The summed E-state index contributed by atoms with van der Waals surface area (Å²) in [7, 11) is 0. The second kappa shape index (κ2) is 12.3. The number of nitrogen functional groups attached to an aromatic ring is 2. The summed E-state index contributed by atoms with van der Waals surface area (Å²) in [5, 5.41) is 5.14. The van der Waals surface area contributed by atoms with Crippen LogP contribution in [0.3, 0.4) is 0 Å². The van der Waals surface area contributed by atoms with Gasteiger partial charge in [-0.25, -0.2) is 0 Å². The van der Waals surface area contributed by atoms with Gasteiger partial charge in [0.15, 0.2) is 0 Å². The Bertz CT molecular complexity index is 1860. The van der Waals surface area contributed by atoms with Crippen molar-refractivity contribution in [3.63, 3.8) is 0 Å². The molecule has 234 valence electrons. The molecule has 6 aromatic carbocycles. The fourth-order valence-corrected chi connectivity index (χ4v) is 7.68. The predicted octanol–water partition coefficient (Wildman–Crippen LogP) is 12.3. The second-order valence-corrected chi connectivity index (χ2v) is 14.3. The Balaban J connectivity index is 1.82. The van der Waals surface area contributed by atoms with Crippen molar-refractivity contribution in [2.45, 2.75) is 78.1 Å². The van der Waals surface area contributed by atoms with E-state index in [1.165, 1.54) is 66.1 Å². The molecule has 0 spiro atoms. The highest BCUT2D eigenvalue weighted by Crippen LogP contribution is 2.51. The van der Waals surface area contributed by atoms with Crippen LogP contribution in [0.2, 0.25) is 0 Å². The van der Waals surface area contributed by atoms with Crippen LogP contribution in [0, 0.1) is 0 Å². The fraction of sp³-hybridized carbons (Fsp3) is 0.273. The van der Waals surface area contributed by atoms with E-state index in [-0.39, 0.29) is 10.8 Å². The van der Waals surface area contributed by atoms with Crippen molar-refractivity contribution in [2.24, 2.45) is 0 Å². The number of rotatable bonds is 9. The van der Waals surface area contributed by atoms with Gasteiger partial charge in [0.05, 0.1) is 0 Å². The van der Waals surface area contributed by atoms with Crippen molar-refractivity contribution in [3.05, 3.63) is 120 Å². The van der Waals surface area contributed by atoms with Gasteiger partial charge in [-0.1, -0.05) is 127 Å². The van der Waals surface area contributed by atoms with Crippen LogP contribution in [0.5, 0.6) is 0 Å². The van der Waals surface area contributed by atoms with Gasteiger partial charge in [-0.15, -0.1) is 0 Å². The molecule has 0 saturated carbocycles. The van der Waals surface area contributed by atoms with Gasteiger partial charge in [-0.2, -0.15) is 0 Å². The van der Waals surface area contributed by atoms with E-state index in [4.69, 9.17) is 11.5 Å². The molecular formula is C44H48N2. The van der Waals surface area contributed by atoms with Crippen molar-refractivity contribution < 1.29 is 0 Å². The van der Waals surface area contributed by atoms with Gasteiger partial charge in [-0.3, -0.25) is 0 Å². The van der Waals surface area contributed by atoms with Gasteiger partial charge in [0.25, 0.3) is 0 Å². The van der Waals surface area contributed by atoms with Crippen LogP contribution in [0.1, 0.15) is 78.4 Å². The maximum atomic E-state index is 6.15. The fourth-order valence-electron chi connectivity index (χ4n) is 7.68. The zero-order valence-corrected chi connectivity index (χ0v) is 28.4. The standard InChI is InChI=1S/C44H48N2/c1-7-25-43(3,4)39-27-37(29-17-21-31(45)22-18-29)33-13-9-11-15-35(33)41(39)42-36-16-12-10-14-34(36)38(30-19-23-32(46)24-20-30)28-40(42)44(5,6)26-8-2/h9-24,27-28H,7-8,25-26,45-46H2,1-6H3. The Labute approximate surface area is 275 Å². The van der Waals surface area contributed by atoms with Crippen molar-refractivity contribution in [3.8, 4) is 33.4 Å². The summed E-state index contributed by atoms with van der Waals surface area (Å²) >= 11 is 0. The molecule has 0 heterocycles. The Morgan fingerprint density at radius 1 is 0.457 bits per heavy atom. The molecule has 2 nitrogen and oxygen atoms in total. The average Bonchev–Trinajstić information content (AvgIpc) is 3.04. The zero-order chi connectivity index (χ0) is 32.6. The first-order valence-corrected chi connectivity index (χ1v) is 16.9. The van der Waals surface area contributed by atoms with Gasteiger partial charge in [0, 0.05) is 11.4 Å². The third-order valence-corrected chi connectivity index (χ3v) is 9.99. The van der Waals surface area contributed by atoms with E-state index in [0.29, 0.717) is 0 Å². The van der Waals surface area contributed by atoms with E-state index in [0.717, 1.165) is 37.1 Å².